The van der Waals surface area contributed by atoms with Gasteiger partial charge in [0.25, 0.3) is 0 Å². The van der Waals surface area contributed by atoms with Crippen molar-refractivity contribution in [3.8, 4) is 11.1 Å². The zero-order valence-corrected chi connectivity index (χ0v) is 14.8. The second-order valence-corrected chi connectivity index (χ2v) is 7.47. The van der Waals surface area contributed by atoms with E-state index in [-0.39, 0.29) is 5.97 Å². The second kappa shape index (κ2) is 5.31. The lowest BCUT2D eigenvalue weighted by Crippen LogP contribution is -2.34. The molecule has 0 heterocycles. The van der Waals surface area contributed by atoms with E-state index in [1.54, 1.807) is 6.92 Å². The van der Waals surface area contributed by atoms with Crippen LogP contribution in [0.25, 0.3) is 21.9 Å². The number of carbonyl (C=O) groups is 1. The Balaban J connectivity index is 1.84. The van der Waals surface area contributed by atoms with Gasteiger partial charge in [-0.05, 0) is 53.8 Å². The molecule has 0 radical (unpaired) electrons. The quantitative estimate of drug-likeness (QED) is 0.459. The lowest BCUT2D eigenvalue weighted by Gasteiger charge is -2.32. The van der Waals surface area contributed by atoms with Gasteiger partial charge in [0, 0.05) is 22.6 Å². The Morgan fingerprint density at radius 1 is 0.962 bits per heavy atom. The maximum atomic E-state index is 12.6. The topological polar surface area (TPSA) is 26.3 Å². The summed E-state index contributed by atoms with van der Waals surface area (Å²) < 4.78 is 6.25. The average Bonchev–Trinajstić information content (AvgIpc) is 3.47. The van der Waals surface area contributed by atoms with Crippen molar-refractivity contribution in [2.24, 2.45) is 5.92 Å². The molecule has 1 unspecified atom stereocenters. The fourth-order valence-corrected chi connectivity index (χ4v) is 4.31. The Bertz CT molecular complexity index is 1070. The largest absolute Gasteiger partial charge is 0.446 e. The number of carbonyl (C=O) groups excluding carboxylic acids is 1. The van der Waals surface area contributed by atoms with Gasteiger partial charge in [-0.15, -0.1) is 0 Å². The monoisotopic (exact) mass is 340 g/mol. The highest BCUT2D eigenvalue weighted by molar-refractivity contribution is 5.95. The molecular formula is C24H20O2. The first kappa shape index (κ1) is 15.4. The minimum atomic E-state index is -0.689. The SMILES string of the molecule is C=C(C)C(=O)OC1(C2CC2)c2ccccc2-c2cc3ccccc3cc21. The highest BCUT2D eigenvalue weighted by Gasteiger charge is 2.56. The summed E-state index contributed by atoms with van der Waals surface area (Å²) >= 11 is 0. The van der Waals surface area contributed by atoms with Gasteiger partial charge in [-0.25, -0.2) is 4.79 Å². The van der Waals surface area contributed by atoms with E-state index in [4.69, 9.17) is 4.74 Å². The highest BCUT2D eigenvalue weighted by Crippen LogP contribution is 2.60. The lowest BCUT2D eigenvalue weighted by atomic mass is 9.85. The Labute approximate surface area is 153 Å². The van der Waals surface area contributed by atoms with Crippen molar-refractivity contribution in [2.75, 3.05) is 0 Å². The summed E-state index contributed by atoms with van der Waals surface area (Å²) in [7, 11) is 0. The summed E-state index contributed by atoms with van der Waals surface area (Å²) in [6.07, 6.45) is 2.15. The normalized spacial score (nSPS) is 20.5. The van der Waals surface area contributed by atoms with Crippen LogP contribution >= 0.6 is 0 Å². The molecule has 0 bridgehead atoms. The van der Waals surface area contributed by atoms with E-state index >= 15 is 0 Å². The summed E-state index contributed by atoms with van der Waals surface area (Å²) in [4.78, 5) is 12.6. The molecule has 5 rings (SSSR count). The molecule has 0 amide bonds. The van der Waals surface area contributed by atoms with Gasteiger partial charge in [-0.2, -0.15) is 0 Å². The fraction of sp³-hybridized carbons (Fsp3) is 0.208. The summed E-state index contributed by atoms with van der Waals surface area (Å²) in [5, 5.41) is 2.38. The van der Waals surface area contributed by atoms with Gasteiger partial charge in [0.05, 0.1) is 0 Å². The van der Waals surface area contributed by atoms with Crippen LogP contribution < -0.4 is 0 Å². The van der Waals surface area contributed by atoms with Crippen molar-refractivity contribution < 1.29 is 9.53 Å². The van der Waals surface area contributed by atoms with Crippen LogP contribution in [0.5, 0.6) is 0 Å². The Morgan fingerprint density at radius 3 is 2.31 bits per heavy atom. The molecule has 2 heteroatoms. The van der Waals surface area contributed by atoms with Crippen molar-refractivity contribution in [3.05, 3.63) is 83.9 Å². The lowest BCUT2D eigenvalue weighted by molar-refractivity contribution is -0.153. The molecule has 2 aliphatic carbocycles. The molecule has 26 heavy (non-hydrogen) atoms. The van der Waals surface area contributed by atoms with Crippen LogP contribution in [-0.2, 0) is 15.1 Å². The standard InChI is InChI=1S/C24H20O2/c1-15(2)23(25)26-24(18-11-12-18)21-10-6-5-9-19(21)20-13-16-7-3-4-8-17(16)14-22(20)24/h3-10,13-14,18H,1,11-12H2,2H3. The van der Waals surface area contributed by atoms with E-state index < -0.39 is 5.60 Å². The van der Waals surface area contributed by atoms with Gasteiger partial charge in [0.15, 0.2) is 5.60 Å². The minimum Gasteiger partial charge on any atom is -0.446 e. The highest BCUT2D eigenvalue weighted by atomic mass is 16.6. The van der Waals surface area contributed by atoms with Crippen molar-refractivity contribution in [1.29, 1.82) is 0 Å². The van der Waals surface area contributed by atoms with Crippen LogP contribution in [0, 0.1) is 5.92 Å². The smallest absolute Gasteiger partial charge is 0.334 e. The first-order chi connectivity index (χ1) is 12.6. The van der Waals surface area contributed by atoms with Crippen LogP contribution in [-0.4, -0.2) is 5.97 Å². The second-order valence-electron chi connectivity index (χ2n) is 7.47. The summed E-state index contributed by atoms with van der Waals surface area (Å²) in [6, 6.07) is 21.2. The molecule has 3 aromatic rings. The van der Waals surface area contributed by atoms with Crippen LogP contribution in [0.1, 0.15) is 30.9 Å². The molecule has 2 aliphatic rings. The van der Waals surface area contributed by atoms with Crippen LogP contribution in [0.4, 0.5) is 0 Å². The van der Waals surface area contributed by atoms with Gasteiger partial charge in [0.2, 0.25) is 0 Å². The molecular weight excluding hydrogens is 320 g/mol. The zero-order chi connectivity index (χ0) is 17.9. The maximum Gasteiger partial charge on any atom is 0.334 e. The van der Waals surface area contributed by atoms with Crippen molar-refractivity contribution in [1.82, 2.24) is 0 Å². The van der Waals surface area contributed by atoms with E-state index in [0.717, 1.165) is 24.0 Å². The van der Waals surface area contributed by atoms with Gasteiger partial charge in [-0.3, -0.25) is 0 Å². The predicted octanol–water partition coefficient (Wildman–Crippen LogP) is 5.59. The number of rotatable bonds is 3. The van der Waals surface area contributed by atoms with Crippen molar-refractivity contribution in [3.63, 3.8) is 0 Å². The maximum absolute atomic E-state index is 12.6. The molecule has 0 aromatic heterocycles. The number of ether oxygens (including phenoxy) is 1. The molecule has 1 atom stereocenters. The third-order valence-electron chi connectivity index (χ3n) is 5.66. The van der Waals surface area contributed by atoms with Crippen molar-refractivity contribution >= 4 is 16.7 Å². The third-order valence-corrected chi connectivity index (χ3v) is 5.66. The number of benzene rings is 3. The van der Waals surface area contributed by atoms with Crippen LogP contribution in [0.15, 0.2) is 72.8 Å². The van der Waals surface area contributed by atoms with Gasteiger partial charge >= 0.3 is 5.97 Å². The first-order valence-electron chi connectivity index (χ1n) is 9.13. The number of hydrogen-bond acceptors (Lipinski definition) is 2. The summed E-state index contributed by atoms with van der Waals surface area (Å²) in [6.45, 7) is 5.51. The number of esters is 1. The molecule has 3 aromatic carbocycles. The molecule has 128 valence electrons. The zero-order valence-electron chi connectivity index (χ0n) is 14.8. The molecule has 1 saturated carbocycles. The predicted molar refractivity (Wildman–Crippen MR) is 104 cm³/mol. The Kier molecular flexibility index (Phi) is 3.14. The van der Waals surface area contributed by atoms with Gasteiger partial charge < -0.3 is 4.74 Å². The van der Waals surface area contributed by atoms with E-state index in [2.05, 4.69) is 61.2 Å². The number of hydrogen-bond donors (Lipinski definition) is 0. The fourth-order valence-electron chi connectivity index (χ4n) is 4.31. The number of fused-ring (bicyclic) bond motifs is 4. The molecule has 2 nitrogen and oxygen atoms in total. The van der Waals surface area contributed by atoms with Gasteiger partial charge in [0.1, 0.15) is 0 Å². The van der Waals surface area contributed by atoms with E-state index in [9.17, 15) is 4.79 Å². The van der Waals surface area contributed by atoms with E-state index in [0.29, 0.717) is 11.5 Å². The van der Waals surface area contributed by atoms with Crippen LogP contribution in [0.2, 0.25) is 0 Å². The van der Waals surface area contributed by atoms with E-state index in [1.807, 2.05) is 6.07 Å². The average molecular weight is 340 g/mol. The minimum absolute atomic E-state index is 0.312. The molecule has 0 spiro atoms. The Morgan fingerprint density at radius 2 is 1.62 bits per heavy atom. The molecule has 0 saturated heterocycles. The summed E-state index contributed by atoms with van der Waals surface area (Å²) in [5.41, 5.74) is 4.34. The van der Waals surface area contributed by atoms with Crippen molar-refractivity contribution in [2.45, 2.75) is 25.4 Å². The molecule has 0 N–H and O–H groups in total. The van der Waals surface area contributed by atoms with E-state index in [1.165, 1.54) is 21.9 Å². The molecule has 1 fully saturated rings. The molecule has 0 aliphatic heterocycles. The summed E-state index contributed by atoms with van der Waals surface area (Å²) in [5.74, 6) is 0.0158. The van der Waals surface area contributed by atoms with Crippen LogP contribution in [0.3, 0.4) is 0 Å². The first-order valence-corrected chi connectivity index (χ1v) is 9.13. The Hall–Kier alpha value is -2.87. The van der Waals surface area contributed by atoms with Gasteiger partial charge in [-0.1, -0.05) is 55.1 Å². The third kappa shape index (κ3) is 2.02.